The Balaban J connectivity index is 2.63. The summed E-state index contributed by atoms with van der Waals surface area (Å²) in [6.07, 6.45) is 0.642. The van der Waals surface area contributed by atoms with Crippen molar-refractivity contribution in [2.75, 3.05) is 14.1 Å². The molecule has 3 heteroatoms. The van der Waals surface area contributed by atoms with E-state index in [1.165, 1.54) is 0 Å². The lowest BCUT2D eigenvalue weighted by molar-refractivity contribution is -0.122. The summed E-state index contributed by atoms with van der Waals surface area (Å²) in [4.78, 5) is 14.7. The van der Waals surface area contributed by atoms with Gasteiger partial charge in [0.15, 0.2) is 0 Å². The van der Waals surface area contributed by atoms with Crippen LogP contribution in [0, 0.1) is 0 Å². The minimum Gasteiger partial charge on any atom is -0.369 e. The van der Waals surface area contributed by atoms with Crippen LogP contribution in [0.25, 0.3) is 0 Å². The molecule has 0 aliphatic heterocycles. The van der Waals surface area contributed by atoms with Gasteiger partial charge in [0.1, 0.15) is 5.41 Å². The number of carbonyl (C=O) groups is 1. The second kappa shape index (κ2) is 6.75. The number of amides is 1. The highest BCUT2D eigenvalue weighted by molar-refractivity contribution is 5.90. The lowest BCUT2D eigenvalue weighted by Crippen LogP contribution is -2.46. The van der Waals surface area contributed by atoms with Gasteiger partial charge in [-0.05, 0) is 38.6 Å². The fourth-order valence-electron chi connectivity index (χ4n) is 2.86. The van der Waals surface area contributed by atoms with E-state index in [1.54, 1.807) is 0 Å². The van der Waals surface area contributed by atoms with Gasteiger partial charge in [0.25, 0.3) is 0 Å². The predicted octanol–water partition coefficient (Wildman–Crippen LogP) is 2.80. The molecule has 0 saturated heterocycles. The summed E-state index contributed by atoms with van der Waals surface area (Å²) in [6.45, 7) is 2.11. The molecule has 0 spiro atoms. The molecular weight excluding hydrogens is 272 g/mol. The molecule has 22 heavy (non-hydrogen) atoms. The Morgan fingerprint density at radius 1 is 1.00 bits per heavy atom. The first kappa shape index (κ1) is 16.2. The van der Waals surface area contributed by atoms with Crippen LogP contribution < -0.4 is 5.73 Å². The van der Waals surface area contributed by atoms with E-state index in [1.807, 2.05) is 74.8 Å². The fraction of sp³-hybridized carbons (Fsp3) is 0.316. The van der Waals surface area contributed by atoms with E-state index in [2.05, 4.69) is 11.8 Å². The van der Waals surface area contributed by atoms with Crippen LogP contribution in [0.1, 0.15) is 24.5 Å². The minimum absolute atomic E-state index is 0.216. The summed E-state index contributed by atoms with van der Waals surface area (Å²) in [7, 11) is 4.04. The van der Waals surface area contributed by atoms with Gasteiger partial charge in [0.05, 0.1) is 0 Å². The third-order valence-corrected chi connectivity index (χ3v) is 4.44. The van der Waals surface area contributed by atoms with Crippen LogP contribution in [-0.2, 0) is 10.2 Å². The average Bonchev–Trinajstić information content (AvgIpc) is 2.53. The zero-order valence-corrected chi connectivity index (χ0v) is 13.5. The number of nitrogens with zero attached hydrogens (tertiary/aromatic N) is 1. The fourth-order valence-corrected chi connectivity index (χ4v) is 2.86. The molecule has 0 radical (unpaired) electrons. The van der Waals surface area contributed by atoms with Crippen molar-refractivity contribution in [3.8, 4) is 0 Å². The third kappa shape index (κ3) is 3.04. The molecule has 2 rings (SSSR count). The first-order valence-electron chi connectivity index (χ1n) is 7.56. The smallest absolute Gasteiger partial charge is 0.232 e. The van der Waals surface area contributed by atoms with Gasteiger partial charge in [0, 0.05) is 6.04 Å². The van der Waals surface area contributed by atoms with Crippen LogP contribution in [0.4, 0.5) is 0 Å². The molecule has 0 bridgehead atoms. The summed E-state index contributed by atoms with van der Waals surface area (Å²) >= 11 is 0. The molecule has 1 amide bonds. The zero-order valence-electron chi connectivity index (χ0n) is 13.5. The summed E-state index contributed by atoms with van der Waals surface area (Å²) in [5.41, 5.74) is 7.01. The van der Waals surface area contributed by atoms with E-state index in [-0.39, 0.29) is 11.9 Å². The number of primary amides is 1. The second-order valence-corrected chi connectivity index (χ2v) is 6.02. The first-order valence-corrected chi connectivity index (χ1v) is 7.56. The molecule has 0 saturated carbocycles. The Labute approximate surface area is 132 Å². The zero-order chi connectivity index (χ0) is 16.2. The normalized spacial score (nSPS) is 13.1. The molecule has 0 aliphatic carbocycles. The number of carbonyl (C=O) groups excluding carboxylic acids is 1. The predicted molar refractivity (Wildman–Crippen MR) is 90.6 cm³/mol. The van der Waals surface area contributed by atoms with Gasteiger partial charge < -0.3 is 10.6 Å². The first-order chi connectivity index (χ1) is 10.5. The summed E-state index contributed by atoms with van der Waals surface area (Å²) in [6, 6.07) is 19.9. The van der Waals surface area contributed by atoms with Crippen molar-refractivity contribution >= 4 is 5.91 Å². The Morgan fingerprint density at radius 2 is 1.41 bits per heavy atom. The molecule has 1 atom stereocenters. The lowest BCUT2D eigenvalue weighted by Gasteiger charge is -2.36. The van der Waals surface area contributed by atoms with Crippen molar-refractivity contribution in [1.82, 2.24) is 4.90 Å². The van der Waals surface area contributed by atoms with Crippen LogP contribution >= 0.6 is 0 Å². The van der Waals surface area contributed by atoms with Gasteiger partial charge in [0.2, 0.25) is 5.91 Å². The molecule has 116 valence electrons. The Kier molecular flexibility index (Phi) is 4.99. The maximum absolute atomic E-state index is 12.6. The van der Waals surface area contributed by atoms with Crippen LogP contribution in [-0.4, -0.2) is 30.9 Å². The maximum Gasteiger partial charge on any atom is 0.232 e. The number of nitrogens with two attached hydrogens (primary N) is 1. The molecule has 3 nitrogen and oxygen atoms in total. The number of hydrogen-bond donors (Lipinski definition) is 1. The third-order valence-electron chi connectivity index (χ3n) is 4.44. The van der Waals surface area contributed by atoms with E-state index in [0.29, 0.717) is 6.42 Å². The molecular formula is C19H24N2O. The average molecular weight is 296 g/mol. The molecule has 0 unspecified atom stereocenters. The highest BCUT2D eigenvalue weighted by Gasteiger charge is 2.41. The van der Waals surface area contributed by atoms with Crippen molar-refractivity contribution in [2.24, 2.45) is 5.73 Å². The van der Waals surface area contributed by atoms with E-state index in [4.69, 9.17) is 5.73 Å². The largest absolute Gasteiger partial charge is 0.369 e. The monoisotopic (exact) mass is 296 g/mol. The van der Waals surface area contributed by atoms with Gasteiger partial charge >= 0.3 is 0 Å². The lowest BCUT2D eigenvalue weighted by atomic mass is 9.69. The van der Waals surface area contributed by atoms with Crippen LogP contribution in [0.5, 0.6) is 0 Å². The molecule has 0 fully saturated rings. The Hall–Kier alpha value is -2.13. The van der Waals surface area contributed by atoms with Crippen LogP contribution in [0.3, 0.4) is 0 Å². The SMILES string of the molecule is C[C@H](CC(C(N)=O)(c1ccccc1)c1ccccc1)N(C)C. The topological polar surface area (TPSA) is 46.3 Å². The maximum atomic E-state index is 12.6. The van der Waals surface area contributed by atoms with Crippen LogP contribution in [0.2, 0.25) is 0 Å². The van der Waals surface area contributed by atoms with Crippen molar-refractivity contribution in [1.29, 1.82) is 0 Å². The standard InChI is InChI=1S/C19H24N2O/c1-15(21(2)3)14-19(18(20)22,16-10-6-4-7-11-16)17-12-8-5-9-13-17/h4-13,15H,14H2,1-3H3,(H2,20,22)/t15-/m1/s1. The Bertz CT molecular complexity index is 568. The quantitative estimate of drug-likeness (QED) is 0.891. The van der Waals surface area contributed by atoms with E-state index in [0.717, 1.165) is 11.1 Å². The summed E-state index contributed by atoms with van der Waals surface area (Å²) in [5, 5.41) is 0. The summed E-state index contributed by atoms with van der Waals surface area (Å²) in [5.74, 6) is -0.307. The molecule has 0 aromatic heterocycles. The van der Waals surface area contributed by atoms with Gasteiger partial charge in [-0.2, -0.15) is 0 Å². The molecule has 0 aliphatic rings. The van der Waals surface area contributed by atoms with Crippen molar-refractivity contribution in [3.05, 3.63) is 71.8 Å². The van der Waals surface area contributed by atoms with Gasteiger partial charge in [-0.3, -0.25) is 4.79 Å². The molecule has 0 heterocycles. The highest BCUT2D eigenvalue weighted by Crippen LogP contribution is 2.37. The van der Waals surface area contributed by atoms with Gasteiger partial charge in [-0.15, -0.1) is 0 Å². The van der Waals surface area contributed by atoms with Gasteiger partial charge in [-0.1, -0.05) is 60.7 Å². The van der Waals surface area contributed by atoms with Crippen molar-refractivity contribution in [3.63, 3.8) is 0 Å². The molecule has 2 N–H and O–H groups in total. The number of hydrogen-bond acceptors (Lipinski definition) is 2. The summed E-state index contributed by atoms with van der Waals surface area (Å²) < 4.78 is 0. The van der Waals surface area contributed by atoms with Crippen molar-refractivity contribution in [2.45, 2.75) is 24.8 Å². The second-order valence-electron chi connectivity index (χ2n) is 6.02. The highest BCUT2D eigenvalue weighted by atomic mass is 16.1. The van der Waals surface area contributed by atoms with E-state index < -0.39 is 5.41 Å². The Morgan fingerprint density at radius 3 is 1.73 bits per heavy atom. The molecule has 2 aromatic carbocycles. The number of rotatable bonds is 6. The number of benzene rings is 2. The van der Waals surface area contributed by atoms with Crippen LogP contribution in [0.15, 0.2) is 60.7 Å². The molecule has 2 aromatic rings. The van der Waals surface area contributed by atoms with E-state index in [9.17, 15) is 4.79 Å². The van der Waals surface area contributed by atoms with Crippen molar-refractivity contribution < 1.29 is 4.79 Å². The van der Waals surface area contributed by atoms with E-state index >= 15 is 0 Å². The minimum atomic E-state index is -0.813. The van der Waals surface area contributed by atoms with Gasteiger partial charge in [-0.25, -0.2) is 0 Å².